The van der Waals surface area contributed by atoms with Crippen molar-refractivity contribution in [2.45, 2.75) is 44.2 Å². The molecule has 2 fully saturated rings. The summed E-state index contributed by atoms with van der Waals surface area (Å²) in [7, 11) is 0. The molecule has 0 bridgehead atoms. The van der Waals surface area contributed by atoms with Crippen LogP contribution in [0, 0.1) is 13.8 Å². The van der Waals surface area contributed by atoms with Gasteiger partial charge in [0.1, 0.15) is 0 Å². The number of aliphatic hydroxyl groups is 1. The second-order valence-corrected chi connectivity index (χ2v) is 10.5. The molecule has 0 spiro atoms. The fourth-order valence-electron chi connectivity index (χ4n) is 5.58. The molecule has 0 radical (unpaired) electrons. The van der Waals surface area contributed by atoms with E-state index in [0.29, 0.717) is 25.8 Å². The van der Waals surface area contributed by atoms with Crippen molar-refractivity contribution in [3.8, 4) is 0 Å². The van der Waals surface area contributed by atoms with Crippen molar-refractivity contribution in [3.63, 3.8) is 0 Å². The van der Waals surface area contributed by atoms with E-state index in [1.54, 1.807) is 0 Å². The second kappa shape index (κ2) is 10.1. The summed E-state index contributed by atoms with van der Waals surface area (Å²) in [5.74, 6) is -0.234. The summed E-state index contributed by atoms with van der Waals surface area (Å²) in [6, 6.07) is 25.1. The third-order valence-corrected chi connectivity index (χ3v) is 7.93. The smallest absolute Gasteiger partial charge is 0.325 e. The minimum Gasteiger partial charge on any atom is -0.385 e. The summed E-state index contributed by atoms with van der Waals surface area (Å²) >= 11 is 0. The predicted octanol–water partition coefficient (Wildman–Crippen LogP) is 4.47. The first-order valence-corrected chi connectivity index (χ1v) is 13.1. The molecule has 2 N–H and O–H groups in total. The molecule has 6 heteroatoms. The highest BCUT2D eigenvalue weighted by Gasteiger charge is 2.53. The molecule has 0 unspecified atom stereocenters. The quantitative estimate of drug-likeness (QED) is 0.473. The number of urea groups is 1. The lowest BCUT2D eigenvalue weighted by atomic mass is 9.82. The molecule has 2 saturated heterocycles. The highest BCUT2D eigenvalue weighted by atomic mass is 16.3. The Morgan fingerprint density at radius 3 is 1.84 bits per heavy atom. The molecular weight excluding hydrogens is 462 g/mol. The topological polar surface area (TPSA) is 72.9 Å². The van der Waals surface area contributed by atoms with Gasteiger partial charge in [-0.3, -0.25) is 9.69 Å². The number of piperidine rings is 1. The van der Waals surface area contributed by atoms with Gasteiger partial charge in [-0.25, -0.2) is 4.79 Å². The van der Waals surface area contributed by atoms with Crippen LogP contribution in [-0.4, -0.2) is 53.0 Å². The molecule has 37 heavy (non-hydrogen) atoms. The highest BCUT2D eigenvalue weighted by Crippen LogP contribution is 2.37. The molecule has 6 nitrogen and oxygen atoms in total. The number of hydrogen-bond acceptors (Lipinski definition) is 4. The zero-order valence-electron chi connectivity index (χ0n) is 21.6. The number of benzene rings is 3. The first-order valence-electron chi connectivity index (χ1n) is 13.1. The predicted molar refractivity (Wildman–Crippen MR) is 144 cm³/mol. The lowest BCUT2D eigenvalue weighted by molar-refractivity contribution is -0.130. The van der Waals surface area contributed by atoms with E-state index in [9.17, 15) is 14.7 Å². The van der Waals surface area contributed by atoms with Gasteiger partial charge in [0.2, 0.25) is 0 Å². The Morgan fingerprint density at radius 2 is 1.30 bits per heavy atom. The summed E-state index contributed by atoms with van der Waals surface area (Å²) in [6.45, 7) is 6.69. The van der Waals surface area contributed by atoms with Crippen LogP contribution in [0.1, 0.15) is 47.1 Å². The molecule has 2 aliphatic heterocycles. The van der Waals surface area contributed by atoms with Crippen LogP contribution in [0.3, 0.4) is 0 Å². The monoisotopic (exact) mass is 497 g/mol. The molecule has 3 amide bonds. The zero-order chi connectivity index (χ0) is 26.0. The Hall–Kier alpha value is -3.48. The molecule has 192 valence electrons. The zero-order valence-corrected chi connectivity index (χ0v) is 21.6. The maximum Gasteiger partial charge on any atom is 0.325 e. The third kappa shape index (κ3) is 4.79. The Kier molecular flexibility index (Phi) is 6.88. The molecule has 2 heterocycles. The van der Waals surface area contributed by atoms with Gasteiger partial charge in [-0.15, -0.1) is 0 Å². The SMILES string of the molecule is Cc1ccc(C2(c3ccc(C)cc3)NC(=O)N(CCCN3CCC(O)(c4ccccc4)CC3)C2=O)cc1. The van der Waals surface area contributed by atoms with E-state index in [0.717, 1.165) is 47.5 Å². The normalized spacial score (nSPS) is 19.2. The molecule has 0 atom stereocenters. The number of nitrogens with one attached hydrogen (secondary N) is 1. The van der Waals surface area contributed by atoms with E-state index < -0.39 is 11.1 Å². The van der Waals surface area contributed by atoms with Gasteiger partial charge in [-0.2, -0.15) is 0 Å². The van der Waals surface area contributed by atoms with Crippen molar-refractivity contribution in [1.82, 2.24) is 15.1 Å². The molecule has 0 aromatic heterocycles. The average molecular weight is 498 g/mol. The molecule has 5 rings (SSSR count). The fraction of sp³-hybridized carbons (Fsp3) is 0.355. The number of carbonyl (C=O) groups is 2. The van der Waals surface area contributed by atoms with Crippen LogP contribution in [-0.2, 0) is 15.9 Å². The van der Waals surface area contributed by atoms with E-state index >= 15 is 0 Å². The second-order valence-electron chi connectivity index (χ2n) is 10.5. The summed E-state index contributed by atoms with van der Waals surface area (Å²) < 4.78 is 0. The summed E-state index contributed by atoms with van der Waals surface area (Å²) in [5, 5.41) is 14.2. The lowest BCUT2D eigenvalue weighted by Gasteiger charge is -2.38. The standard InChI is InChI=1S/C31H35N3O3/c1-23-9-13-26(14-10-23)31(27-15-11-24(2)12-16-27)28(35)34(29(36)32-31)20-6-19-33-21-17-30(37,18-22-33)25-7-4-3-5-8-25/h3-5,7-16,37H,6,17-22H2,1-2H3,(H,32,36). The van der Waals surface area contributed by atoms with Gasteiger partial charge < -0.3 is 15.3 Å². The van der Waals surface area contributed by atoms with Crippen LogP contribution < -0.4 is 5.32 Å². The number of likely N-dealkylation sites (tertiary alicyclic amines) is 1. The Bertz CT molecular complexity index is 1200. The van der Waals surface area contributed by atoms with Crippen molar-refractivity contribution in [2.24, 2.45) is 0 Å². The van der Waals surface area contributed by atoms with Crippen molar-refractivity contribution in [2.75, 3.05) is 26.2 Å². The molecule has 3 aromatic rings. The molecule has 0 saturated carbocycles. The molecule has 0 aliphatic carbocycles. The number of rotatable bonds is 7. The summed E-state index contributed by atoms with van der Waals surface area (Å²) in [5.41, 5.74) is 2.67. The van der Waals surface area contributed by atoms with Gasteiger partial charge in [0.15, 0.2) is 5.54 Å². The number of amides is 3. The maximum absolute atomic E-state index is 13.9. The van der Waals surface area contributed by atoms with E-state index in [1.165, 1.54) is 4.90 Å². The average Bonchev–Trinajstić information content (AvgIpc) is 3.17. The first kappa shape index (κ1) is 25.2. The number of imide groups is 1. The van der Waals surface area contributed by atoms with Crippen molar-refractivity contribution < 1.29 is 14.7 Å². The number of nitrogens with zero attached hydrogens (tertiary/aromatic N) is 2. The number of carbonyl (C=O) groups excluding carboxylic acids is 2. The van der Waals surface area contributed by atoms with E-state index in [4.69, 9.17) is 0 Å². The summed E-state index contributed by atoms with van der Waals surface area (Å²) in [4.78, 5) is 30.8. The van der Waals surface area contributed by atoms with Crippen LogP contribution in [0.4, 0.5) is 4.79 Å². The fourth-order valence-corrected chi connectivity index (χ4v) is 5.58. The molecule has 3 aromatic carbocycles. The maximum atomic E-state index is 13.9. The van der Waals surface area contributed by atoms with Gasteiger partial charge in [0, 0.05) is 19.6 Å². The van der Waals surface area contributed by atoms with Crippen molar-refractivity contribution in [1.29, 1.82) is 0 Å². The minimum absolute atomic E-state index is 0.234. The van der Waals surface area contributed by atoms with Crippen LogP contribution in [0.2, 0.25) is 0 Å². The Balaban J connectivity index is 1.27. The van der Waals surface area contributed by atoms with Gasteiger partial charge in [0.05, 0.1) is 5.60 Å². The van der Waals surface area contributed by atoms with Gasteiger partial charge in [0.25, 0.3) is 5.91 Å². The van der Waals surface area contributed by atoms with Gasteiger partial charge in [-0.05, 0) is 56.3 Å². The molecular formula is C31H35N3O3. The number of hydrogen-bond donors (Lipinski definition) is 2. The van der Waals surface area contributed by atoms with E-state index in [1.807, 2.05) is 92.7 Å². The Labute approximate surface area is 218 Å². The van der Waals surface area contributed by atoms with Gasteiger partial charge in [-0.1, -0.05) is 90.0 Å². The van der Waals surface area contributed by atoms with E-state index in [-0.39, 0.29) is 11.9 Å². The van der Waals surface area contributed by atoms with Crippen LogP contribution in [0.15, 0.2) is 78.9 Å². The lowest BCUT2D eigenvalue weighted by Crippen LogP contribution is -2.45. The molecule has 2 aliphatic rings. The van der Waals surface area contributed by atoms with Crippen LogP contribution >= 0.6 is 0 Å². The summed E-state index contributed by atoms with van der Waals surface area (Å²) in [6.07, 6.45) is 2.02. The van der Waals surface area contributed by atoms with Crippen molar-refractivity contribution in [3.05, 3.63) is 107 Å². The minimum atomic E-state index is -1.23. The highest BCUT2D eigenvalue weighted by molar-refractivity contribution is 6.09. The van der Waals surface area contributed by atoms with Crippen molar-refractivity contribution >= 4 is 11.9 Å². The third-order valence-electron chi connectivity index (χ3n) is 7.93. The van der Waals surface area contributed by atoms with Crippen LogP contribution in [0.5, 0.6) is 0 Å². The Morgan fingerprint density at radius 1 is 0.757 bits per heavy atom. The largest absolute Gasteiger partial charge is 0.385 e. The number of aryl methyl sites for hydroxylation is 2. The van der Waals surface area contributed by atoms with Crippen LogP contribution in [0.25, 0.3) is 0 Å². The first-order chi connectivity index (χ1) is 17.8. The van der Waals surface area contributed by atoms with E-state index in [2.05, 4.69) is 10.2 Å². The van der Waals surface area contributed by atoms with Gasteiger partial charge >= 0.3 is 6.03 Å².